The summed E-state index contributed by atoms with van der Waals surface area (Å²) in [6.45, 7) is 0.555. The number of carbonyl (C=O) groups is 1. The average molecular weight is 392 g/mol. The van der Waals surface area contributed by atoms with Gasteiger partial charge in [0.05, 0.1) is 20.3 Å². The van der Waals surface area contributed by atoms with Gasteiger partial charge in [-0.2, -0.15) is 5.10 Å². The van der Waals surface area contributed by atoms with Crippen LogP contribution in [0.25, 0.3) is 11.0 Å². The molecule has 1 atom stereocenters. The number of anilines is 1. The summed E-state index contributed by atoms with van der Waals surface area (Å²) in [5.74, 6) is -0.418. The fourth-order valence-electron chi connectivity index (χ4n) is 2.96. The van der Waals surface area contributed by atoms with Gasteiger partial charge in [0.15, 0.2) is 16.7 Å². The number of hydrogen-bond acceptors (Lipinski definition) is 8. The molecule has 1 aliphatic rings. The molecule has 1 aromatic carbocycles. The van der Waals surface area contributed by atoms with Gasteiger partial charge in [-0.15, -0.1) is 0 Å². The number of aromatic nitrogens is 3. The second kappa shape index (κ2) is 6.58. The number of carbonyl (C=O) groups excluding carboxylic acids is 1. The van der Waals surface area contributed by atoms with Crippen molar-refractivity contribution in [1.82, 2.24) is 14.9 Å². The molecule has 1 unspecified atom stereocenters. The number of fused-ring (bicyclic) bond motifs is 1. The highest BCUT2D eigenvalue weighted by atomic mass is 32.2. The molecular weight excluding hydrogens is 376 g/mol. The van der Waals surface area contributed by atoms with Crippen molar-refractivity contribution in [3.63, 3.8) is 0 Å². The van der Waals surface area contributed by atoms with Crippen LogP contribution in [-0.4, -0.2) is 48.3 Å². The minimum absolute atomic E-state index is 0.0350. The van der Waals surface area contributed by atoms with Crippen molar-refractivity contribution in [2.24, 2.45) is 0 Å². The van der Waals surface area contributed by atoms with E-state index < -0.39 is 21.2 Å². The van der Waals surface area contributed by atoms with E-state index >= 15 is 0 Å². The fourth-order valence-corrected chi connectivity index (χ4v) is 4.24. The normalized spacial score (nSPS) is 17.2. The molecule has 0 bridgehead atoms. The first-order valence-electron chi connectivity index (χ1n) is 8.10. The van der Waals surface area contributed by atoms with E-state index in [1.54, 1.807) is 23.0 Å². The van der Waals surface area contributed by atoms with E-state index in [9.17, 15) is 13.2 Å². The molecule has 1 aliphatic heterocycles. The Labute approximate surface area is 154 Å². The smallest absolute Gasteiger partial charge is 0.326 e. The van der Waals surface area contributed by atoms with Crippen molar-refractivity contribution in [2.75, 3.05) is 18.4 Å². The van der Waals surface area contributed by atoms with E-state index in [4.69, 9.17) is 14.0 Å². The Balaban J connectivity index is 1.69. The Morgan fingerprint density at radius 2 is 2.26 bits per heavy atom. The van der Waals surface area contributed by atoms with Crippen LogP contribution >= 0.6 is 0 Å². The lowest BCUT2D eigenvalue weighted by Gasteiger charge is -2.10. The predicted molar refractivity (Wildman–Crippen MR) is 93.8 cm³/mol. The standard InChI is InChI=1S/C16H16N4O6S/c1-24-11-7-10(9-20-5-2-4-17-20)8-12-14(11)15(18-26-12)19-27(22,23)13-3-6-25-16(13)21/h2,4-5,7-8,13H,3,6,9H2,1H3,(H,18,19). The first kappa shape index (κ1) is 17.3. The Kier molecular flexibility index (Phi) is 4.22. The van der Waals surface area contributed by atoms with Crippen LogP contribution in [0.15, 0.2) is 35.1 Å². The van der Waals surface area contributed by atoms with Gasteiger partial charge in [-0.25, -0.2) is 8.42 Å². The van der Waals surface area contributed by atoms with Crippen LogP contribution in [0.4, 0.5) is 5.82 Å². The second-order valence-corrected chi connectivity index (χ2v) is 7.86. The Morgan fingerprint density at radius 3 is 2.93 bits per heavy atom. The summed E-state index contributed by atoms with van der Waals surface area (Å²) < 4.78 is 44.4. The molecule has 3 heterocycles. The largest absolute Gasteiger partial charge is 0.496 e. The molecule has 1 saturated heterocycles. The molecule has 0 saturated carbocycles. The third-order valence-electron chi connectivity index (χ3n) is 4.22. The number of cyclic esters (lactones) is 1. The lowest BCUT2D eigenvalue weighted by atomic mass is 10.1. The van der Waals surface area contributed by atoms with E-state index in [1.807, 2.05) is 12.3 Å². The van der Waals surface area contributed by atoms with Crippen LogP contribution in [0.2, 0.25) is 0 Å². The zero-order valence-electron chi connectivity index (χ0n) is 14.3. The highest BCUT2D eigenvalue weighted by Gasteiger charge is 2.39. The molecule has 1 N–H and O–H groups in total. The molecule has 11 heteroatoms. The maximum Gasteiger partial charge on any atom is 0.326 e. The van der Waals surface area contributed by atoms with Gasteiger partial charge in [0.1, 0.15) is 11.1 Å². The molecule has 2 aromatic heterocycles. The minimum atomic E-state index is -4.02. The number of sulfonamides is 1. The van der Waals surface area contributed by atoms with Crippen molar-refractivity contribution in [3.8, 4) is 5.75 Å². The zero-order valence-corrected chi connectivity index (χ0v) is 15.1. The summed E-state index contributed by atoms with van der Waals surface area (Å²) in [7, 11) is -2.55. The van der Waals surface area contributed by atoms with Crippen LogP contribution in [-0.2, 0) is 26.1 Å². The van der Waals surface area contributed by atoms with Gasteiger partial charge in [-0.05, 0) is 23.8 Å². The molecule has 0 aliphatic carbocycles. The Bertz CT molecular complexity index is 1090. The molecule has 10 nitrogen and oxygen atoms in total. The van der Waals surface area contributed by atoms with Crippen LogP contribution in [0, 0.1) is 0 Å². The van der Waals surface area contributed by atoms with Gasteiger partial charge < -0.3 is 14.0 Å². The number of esters is 1. The van der Waals surface area contributed by atoms with Crippen molar-refractivity contribution in [1.29, 1.82) is 0 Å². The Hall–Kier alpha value is -3.08. The van der Waals surface area contributed by atoms with Crippen molar-refractivity contribution >= 4 is 32.8 Å². The number of nitrogens with zero attached hydrogens (tertiary/aromatic N) is 3. The number of benzene rings is 1. The van der Waals surface area contributed by atoms with E-state index in [2.05, 4.69) is 15.0 Å². The van der Waals surface area contributed by atoms with Crippen LogP contribution in [0.1, 0.15) is 12.0 Å². The molecule has 27 heavy (non-hydrogen) atoms. The van der Waals surface area contributed by atoms with Crippen molar-refractivity contribution in [2.45, 2.75) is 18.2 Å². The maximum absolute atomic E-state index is 12.5. The predicted octanol–water partition coefficient (Wildman–Crippen LogP) is 1.14. The highest BCUT2D eigenvalue weighted by Crippen LogP contribution is 2.35. The summed E-state index contributed by atoms with van der Waals surface area (Å²) in [5, 5.41) is 7.05. The molecule has 0 spiro atoms. The van der Waals surface area contributed by atoms with Gasteiger partial charge in [-0.3, -0.25) is 14.2 Å². The quantitative estimate of drug-likeness (QED) is 0.619. The number of methoxy groups -OCH3 is 1. The SMILES string of the molecule is COc1cc(Cn2cccn2)cc2onc(NS(=O)(=O)C3CCOC3=O)c12. The topological polar surface area (TPSA) is 126 Å². The first-order chi connectivity index (χ1) is 13.0. The number of ether oxygens (including phenoxy) is 2. The van der Waals surface area contributed by atoms with Gasteiger partial charge in [0.25, 0.3) is 0 Å². The molecule has 0 amide bonds. The van der Waals surface area contributed by atoms with Crippen molar-refractivity contribution < 1.29 is 27.2 Å². The molecule has 3 aromatic rings. The molecule has 0 radical (unpaired) electrons. The van der Waals surface area contributed by atoms with Crippen molar-refractivity contribution in [3.05, 3.63) is 36.2 Å². The minimum Gasteiger partial charge on any atom is -0.496 e. The lowest BCUT2D eigenvalue weighted by molar-refractivity contribution is -0.137. The third kappa shape index (κ3) is 3.21. The second-order valence-electron chi connectivity index (χ2n) is 6.00. The lowest BCUT2D eigenvalue weighted by Crippen LogP contribution is -2.31. The number of hydrogen-bond donors (Lipinski definition) is 1. The van der Waals surface area contributed by atoms with Gasteiger partial charge >= 0.3 is 5.97 Å². The molecule has 4 rings (SSSR count). The van der Waals surface area contributed by atoms with Crippen LogP contribution in [0.5, 0.6) is 5.75 Å². The average Bonchev–Trinajstić information content (AvgIpc) is 3.36. The number of rotatable bonds is 6. The maximum atomic E-state index is 12.5. The summed E-state index contributed by atoms with van der Waals surface area (Å²) in [6.07, 6.45) is 3.58. The van der Waals surface area contributed by atoms with Crippen LogP contribution in [0.3, 0.4) is 0 Å². The van der Waals surface area contributed by atoms with E-state index in [0.29, 0.717) is 23.3 Å². The van der Waals surface area contributed by atoms with Gasteiger partial charge in [0, 0.05) is 18.8 Å². The summed E-state index contributed by atoms with van der Waals surface area (Å²) in [6, 6.07) is 5.29. The van der Waals surface area contributed by atoms with E-state index in [-0.39, 0.29) is 18.8 Å². The highest BCUT2D eigenvalue weighted by molar-refractivity contribution is 7.94. The number of nitrogens with one attached hydrogen (secondary N) is 1. The van der Waals surface area contributed by atoms with E-state index in [0.717, 1.165) is 5.56 Å². The van der Waals surface area contributed by atoms with Crippen LogP contribution < -0.4 is 9.46 Å². The summed E-state index contributed by atoms with van der Waals surface area (Å²) >= 11 is 0. The first-order valence-corrected chi connectivity index (χ1v) is 9.64. The fraction of sp³-hybridized carbons (Fsp3) is 0.312. The monoisotopic (exact) mass is 392 g/mol. The Morgan fingerprint density at radius 1 is 1.41 bits per heavy atom. The zero-order chi connectivity index (χ0) is 19.0. The summed E-state index contributed by atoms with van der Waals surface area (Å²) in [5.41, 5.74) is 1.19. The van der Waals surface area contributed by atoms with E-state index in [1.165, 1.54) is 7.11 Å². The van der Waals surface area contributed by atoms with Gasteiger partial charge in [-0.1, -0.05) is 5.16 Å². The third-order valence-corrected chi connectivity index (χ3v) is 5.88. The molecule has 142 valence electrons. The van der Waals surface area contributed by atoms with Gasteiger partial charge in [0.2, 0.25) is 10.0 Å². The molecular formula is C16H16N4O6S. The summed E-state index contributed by atoms with van der Waals surface area (Å²) in [4.78, 5) is 11.6. The molecule has 1 fully saturated rings.